The number of rotatable bonds is 1. The Kier molecular flexibility index (Phi) is 2.03. The minimum Gasteiger partial charge on any atom is -0.767 e. The van der Waals surface area contributed by atoms with Gasteiger partial charge in [0.05, 0.1) is 10.2 Å². The van der Waals surface area contributed by atoms with Crippen molar-refractivity contribution < 1.29 is 8.76 Å². The summed E-state index contributed by atoms with van der Waals surface area (Å²) in [6, 6.07) is 5.11. The molecule has 68 valence electrons. The largest absolute Gasteiger partial charge is 0.767 e. The third-order valence-corrected chi connectivity index (χ3v) is 3.38. The van der Waals surface area contributed by atoms with E-state index in [2.05, 4.69) is 4.98 Å². The van der Waals surface area contributed by atoms with E-state index in [1.54, 1.807) is 18.2 Å². The molecule has 0 saturated carbocycles. The van der Waals surface area contributed by atoms with E-state index in [4.69, 9.17) is 5.73 Å². The van der Waals surface area contributed by atoms with Gasteiger partial charge in [-0.1, -0.05) is 0 Å². The van der Waals surface area contributed by atoms with Gasteiger partial charge < -0.3 is 10.3 Å². The van der Waals surface area contributed by atoms with Crippen LogP contribution in [0.15, 0.2) is 22.5 Å². The summed E-state index contributed by atoms with van der Waals surface area (Å²) in [6.07, 6.45) is 0. The molecule has 0 amide bonds. The second kappa shape index (κ2) is 3.06. The van der Waals surface area contributed by atoms with Gasteiger partial charge in [-0.25, -0.2) is 4.98 Å². The van der Waals surface area contributed by atoms with Crippen LogP contribution in [0.4, 0.5) is 5.69 Å². The Bertz CT molecular complexity index is 480. The molecule has 1 aromatic carbocycles. The van der Waals surface area contributed by atoms with Crippen LogP contribution in [0.25, 0.3) is 10.2 Å². The zero-order chi connectivity index (χ0) is 9.42. The molecule has 2 N–H and O–H groups in total. The summed E-state index contributed by atoms with van der Waals surface area (Å²) < 4.78 is 22.0. The van der Waals surface area contributed by atoms with Crippen LogP contribution in [-0.2, 0) is 11.1 Å². The first-order valence-corrected chi connectivity index (χ1v) is 5.31. The van der Waals surface area contributed by atoms with Crippen LogP contribution in [0.5, 0.6) is 0 Å². The maximum absolute atomic E-state index is 10.6. The predicted octanol–water partition coefficient (Wildman–Crippen LogP) is 1.12. The number of thiazole rings is 1. The molecule has 4 nitrogen and oxygen atoms in total. The molecule has 6 heteroatoms. The first-order valence-electron chi connectivity index (χ1n) is 3.42. The highest BCUT2D eigenvalue weighted by atomic mass is 32.2. The third-order valence-electron chi connectivity index (χ3n) is 1.54. The normalized spacial score (nSPS) is 13.3. The summed E-state index contributed by atoms with van der Waals surface area (Å²) in [4.78, 5) is 3.90. The molecule has 0 spiro atoms. The van der Waals surface area contributed by atoms with Crippen molar-refractivity contribution in [2.45, 2.75) is 4.34 Å². The Morgan fingerprint density at radius 3 is 3.00 bits per heavy atom. The average molecular weight is 213 g/mol. The van der Waals surface area contributed by atoms with E-state index in [0.29, 0.717) is 11.2 Å². The van der Waals surface area contributed by atoms with Crippen molar-refractivity contribution in [2.24, 2.45) is 0 Å². The van der Waals surface area contributed by atoms with Crippen molar-refractivity contribution in [3.05, 3.63) is 18.2 Å². The zero-order valence-corrected chi connectivity index (χ0v) is 8.02. The second-order valence-electron chi connectivity index (χ2n) is 2.44. The Morgan fingerprint density at radius 1 is 1.54 bits per heavy atom. The topological polar surface area (TPSA) is 79.0 Å². The first kappa shape index (κ1) is 8.61. The SMILES string of the molecule is Nc1ccc2nc(S(=O)[O-])sc2c1. The Balaban J connectivity index is 2.68. The van der Waals surface area contributed by atoms with Gasteiger partial charge in [-0.3, -0.25) is 4.21 Å². The number of hydrogen-bond donors (Lipinski definition) is 1. The van der Waals surface area contributed by atoms with Crippen LogP contribution in [0, 0.1) is 0 Å². The fourth-order valence-electron chi connectivity index (χ4n) is 0.991. The minimum absolute atomic E-state index is 0.0978. The number of nitrogens with two attached hydrogens (primary N) is 1. The highest BCUT2D eigenvalue weighted by molar-refractivity contribution is 7.81. The Labute approximate surface area is 80.7 Å². The Hall–Kier alpha value is -0.980. The molecule has 0 saturated heterocycles. The highest BCUT2D eigenvalue weighted by Crippen LogP contribution is 2.25. The highest BCUT2D eigenvalue weighted by Gasteiger charge is 2.03. The molecule has 0 aliphatic carbocycles. The molecule has 0 fully saturated rings. The molecule has 1 heterocycles. The number of fused-ring (bicyclic) bond motifs is 1. The average Bonchev–Trinajstić information content (AvgIpc) is 2.46. The summed E-state index contributed by atoms with van der Waals surface area (Å²) in [5.41, 5.74) is 6.81. The molecule has 2 aromatic rings. The smallest absolute Gasteiger partial charge is 0.168 e. The first-order chi connectivity index (χ1) is 6.16. The van der Waals surface area contributed by atoms with Gasteiger partial charge in [-0.2, -0.15) is 0 Å². The molecule has 1 aromatic heterocycles. The van der Waals surface area contributed by atoms with Gasteiger partial charge in [0.15, 0.2) is 4.34 Å². The van der Waals surface area contributed by atoms with Crippen molar-refractivity contribution >= 4 is 38.3 Å². The maximum atomic E-state index is 10.6. The second-order valence-corrected chi connectivity index (χ2v) is 4.59. The minimum atomic E-state index is -2.25. The summed E-state index contributed by atoms with van der Waals surface area (Å²) in [6.45, 7) is 0. The summed E-state index contributed by atoms with van der Waals surface area (Å²) in [7, 11) is 0. The van der Waals surface area contributed by atoms with Gasteiger partial charge in [0, 0.05) is 16.8 Å². The molecule has 1 atom stereocenters. The van der Waals surface area contributed by atoms with Crippen LogP contribution in [0.1, 0.15) is 0 Å². The van der Waals surface area contributed by atoms with Crippen LogP contribution < -0.4 is 5.73 Å². The fourth-order valence-corrected chi connectivity index (χ4v) is 2.45. The van der Waals surface area contributed by atoms with Crippen LogP contribution in [0.2, 0.25) is 0 Å². The van der Waals surface area contributed by atoms with Crippen molar-refractivity contribution in [3.63, 3.8) is 0 Å². The lowest BCUT2D eigenvalue weighted by Gasteiger charge is -1.95. The summed E-state index contributed by atoms with van der Waals surface area (Å²) in [5, 5.41) is 0. The van der Waals surface area contributed by atoms with Gasteiger partial charge in [0.25, 0.3) is 0 Å². The zero-order valence-electron chi connectivity index (χ0n) is 6.39. The number of anilines is 1. The monoisotopic (exact) mass is 213 g/mol. The van der Waals surface area contributed by atoms with Crippen molar-refractivity contribution in [3.8, 4) is 0 Å². The van der Waals surface area contributed by atoms with Crippen LogP contribution in [-0.4, -0.2) is 13.7 Å². The number of hydrogen-bond acceptors (Lipinski definition) is 5. The molecule has 13 heavy (non-hydrogen) atoms. The van der Waals surface area contributed by atoms with Gasteiger partial charge in [0.2, 0.25) is 0 Å². The van der Waals surface area contributed by atoms with E-state index < -0.39 is 11.1 Å². The molecular formula is C7H5N2O2S2-. The standard InChI is InChI=1S/C7H6N2O2S2/c8-4-1-2-5-6(3-4)12-7(9-5)13(10)11/h1-3H,8H2,(H,10,11)/p-1. The van der Waals surface area contributed by atoms with Gasteiger partial charge in [-0.05, 0) is 18.2 Å². The van der Waals surface area contributed by atoms with Crippen molar-refractivity contribution in [1.82, 2.24) is 4.98 Å². The number of aromatic nitrogens is 1. The van der Waals surface area contributed by atoms with Crippen molar-refractivity contribution in [2.75, 3.05) is 5.73 Å². The molecule has 0 aliphatic heterocycles. The lowest BCUT2D eigenvalue weighted by Crippen LogP contribution is -1.85. The van der Waals surface area contributed by atoms with E-state index >= 15 is 0 Å². The van der Waals surface area contributed by atoms with E-state index in [1.807, 2.05) is 0 Å². The lowest BCUT2D eigenvalue weighted by molar-refractivity contribution is 0.536. The number of nitrogens with zero attached hydrogens (tertiary/aromatic N) is 1. The van der Waals surface area contributed by atoms with Gasteiger partial charge in [-0.15, -0.1) is 11.3 Å². The van der Waals surface area contributed by atoms with Crippen LogP contribution >= 0.6 is 11.3 Å². The summed E-state index contributed by atoms with van der Waals surface area (Å²) in [5.74, 6) is 0. The maximum Gasteiger partial charge on any atom is 0.168 e. The number of nitrogen functional groups attached to an aromatic ring is 1. The number of benzene rings is 1. The molecule has 0 aliphatic rings. The molecule has 0 bridgehead atoms. The van der Waals surface area contributed by atoms with Gasteiger partial charge >= 0.3 is 0 Å². The fraction of sp³-hybridized carbons (Fsp3) is 0. The van der Waals surface area contributed by atoms with Crippen molar-refractivity contribution in [1.29, 1.82) is 0 Å². The lowest BCUT2D eigenvalue weighted by atomic mass is 10.3. The van der Waals surface area contributed by atoms with E-state index in [-0.39, 0.29) is 4.34 Å². The Morgan fingerprint density at radius 2 is 2.31 bits per heavy atom. The molecule has 1 unspecified atom stereocenters. The summed E-state index contributed by atoms with van der Waals surface area (Å²) >= 11 is -1.14. The van der Waals surface area contributed by atoms with E-state index in [9.17, 15) is 8.76 Å². The molecule has 2 rings (SSSR count). The quantitative estimate of drug-likeness (QED) is 0.568. The molecule has 0 radical (unpaired) electrons. The molecular weight excluding hydrogens is 208 g/mol. The van der Waals surface area contributed by atoms with E-state index in [0.717, 1.165) is 16.0 Å². The van der Waals surface area contributed by atoms with Gasteiger partial charge in [0.1, 0.15) is 0 Å². The predicted molar refractivity (Wildman–Crippen MR) is 51.2 cm³/mol. The third kappa shape index (κ3) is 1.55. The van der Waals surface area contributed by atoms with E-state index in [1.165, 1.54) is 0 Å². The van der Waals surface area contributed by atoms with Crippen LogP contribution in [0.3, 0.4) is 0 Å².